The van der Waals surface area contributed by atoms with Gasteiger partial charge in [0.25, 0.3) is 0 Å². The van der Waals surface area contributed by atoms with Crippen molar-refractivity contribution in [3.63, 3.8) is 0 Å². The Morgan fingerprint density at radius 2 is 2.30 bits per heavy atom. The number of hydrogen-bond acceptors (Lipinski definition) is 3. The molecular formula is C15H12ClN3S. The summed E-state index contributed by atoms with van der Waals surface area (Å²) in [5.41, 5.74) is 3.69. The number of halogens is 1. The molecule has 0 N–H and O–H groups in total. The summed E-state index contributed by atoms with van der Waals surface area (Å²) in [6.45, 7) is 2.12. The van der Waals surface area contributed by atoms with Crippen LogP contribution in [0.15, 0.2) is 35.0 Å². The molecule has 5 heteroatoms. The van der Waals surface area contributed by atoms with Crippen LogP contribution in [-0.4, -0.2) is 9.55 Å². The number of nitriles is 1. The number of thiophene rings is 1. The average molecular weight is 302 g/mol. The highest BCUT2D eigenvalue weighted by Gasteiger charge is 2.17. The summed E-state index contributed by atoms with van der Waals surface area (Å²) >= 11 is 7.71. The summed E-state index contributed by atoms with van der Waals surface area (Å²) in [6.07, 6.45) is 0. The topological polar surface area (TPSA) is 41.6 Å². The third-order valence-corrected chi connectivity index (χ3v) is 4.36. The van der Waals surface area contributed by atoms with Gasteiger partial charge in [-0.15, -0.1) is 11.6 Å². The van der Waals surface area contributed by atoms with Crippen molar-refractivity contribution in [1.82, 2.24) is 9.55 Å². The molecule has 1 unspecified atom stereocenters. The molecule has 20 heavy (non-hydrogen) atoms. The number of alkyl halides is 1. The Hall–Kier alpha value is -1.83. The SMILES string of the molecule is CC(c1ccsc1)n1c(CCl)nc2ccc(C#N)cc21. The molecule has 0 radical (unpaired) electrons. The molecule has 100 valence electrons. The van der Waals surface area contributed by atoms with E-state index in [1.165, 1.54) is 5.56 Å². The van der Waals surface area contributed by atoms with Crippen LogP contribution in [-0.2, 0) is 5.88 Å². The van der Waals surface area contributed by atoms with E-state index in [-0.39, 0.29) is 6.04 Å². The molecule has 3 nitrogen and oxygen atoms in total. The maximum Gasteiger partial charge on any atom is 0.125 e. The van der Waals surface area contributed by atoms with Crippen LogP contribution >= 0.6 is 22.9 Å². The monoisotopic (exact) mass is 301 g/mol. The number of imidazole rings is 1. The van der Waals surface area contributed by atoms with Gasteiger partial charge >= 0.3 is 0 Å². The van der Waals surface area contributed by atoms with Crippen LogP contribution < -0.4 is 0 Å². The Balaban J connectivity index is 2.24. The van der Waals surface area contributed by atoms with Crippen LogP contribution in [0.25, 0.3) is 11.0 Å². The molecule has 0 spiro atoms. The van der Waals surface area contributed by atoms with Crippen molar-refractivity contribution in [3.8, 4) is 6.07 Å². The van der Waals surface area contributed by atoms with Crippen molar-refractivity contribution in [2.24, 2.45) is 0 Å². The van der Waals surface area contributed by atoms with Crippen LogP contribution in [0.5, 0.6) is 0 Å². The molecule has 0 saturated heterocycles. The summed E-state index contributed by atoms with van der Waals surface area (Å²) in [7, 11) is 0. The Bertz CT molecular complexity index is 783. The first-order valence-electron chi connectivity index (χ1n) is 6.23. The molecule has 3 rings (SSSR count). The number of rotatable bonds is 3. The number of aromatic nitrogens is 2. The number of hydrogen-bond donors (Lipinski definition) is 0. The minimum Gasteiger partial charge on any atom is -0.320 e. The zero-order valence-electron chi connectivity index (χ0n) is 10.9. The van der Waals surface area contributed by atoms with Gasteiger partial charge in [0.1, 0.15) is 5.82 Å². The predicted octanol–water partition coefficient (Wildman–Crippen LogP) is 4.32. The van der Waals surface area contributed by atoms with E-state index in [9.17, 15) is 0 Å². The van der Waals surface area contributed by atoms with Crippen LogP contribution in [0.1, 0.15) is 29.9 Å². The molecule has 0 amide bonds. The fourth-order valence-corrected chi connectivity index (χ4v) is 3.34. The second kappa shape index (κ2) is 5.28. The second-order valence-electron chi connectivity index (χ2n) is 4.58. The van der Waals surface area contributed by atoms with E-state index in [4.69, 9.17) is 16.9 Å². The standard InChI is InChI=1S/C15H12ClN3S/c1-10(12-4-5-20-9-12)19-14-6-11(8-17)2-3-13(14)18-15(19)7-16/h2-6,9-10H,7H2,1H3. The zero-order valence-corrected chi connectivity index (χ0v) is 12.4. The zero-order chi connectivity index (χ0) is 14.1. The third-order valence-electron chi connectivity index (χ3n) is 3.42. The Kier molecular flexibility index (Phi) is 3.47. The Morgan fingerprint density at radius 1 is 1.45 bits per heavy atom. The van der Waals surface area contributed by atoms with E-state index < -0.39 is 0 Å². The van der Waals surface area contributed by atoms with Gasteiger partial charge in [0.15, 0.2) is 0 Å². The second-order valence-corrected chi connectivity index (χ2v) is 5.63. The molecule has 2 heterocycles. The van der Waals surface area contributed by atoms with Crippen molar-refractivity contribution in [2.45, 2.75) is 18.8 Å². The third kappa shape index (κ3) is 2.09. The lowest BCUT2D eigenvalue weighted by molar-refractivity contribution is 0.636. The van der Waals surface area contributed by atoms with Gasteiger partial charge in [0, 0.05) is 0 Å². The molecule has 0 bridgehead atoms. The van der Waals surface area contributed by atoms with Crippen molar-refractivity contribution in [3.05, 3.63) is 52.0 Å². The van der Waals surface area contributed by atoms with E-state index >= 15 is 0 Å². The quantitative estimate of drug-likeness (QED) is 0.676. The maximum atomic E-state index is 9.07. The first-order valence-corrected chi connectivity index (χ1v) is 7.71. The molecule has 2 aromatic heterocycles. The normalized spacial score (nSPS) is 12.4. The van der Waals surface area contributed by atoms with Gasteiger partial charge in [-0.1, -0.05) is 0 Å². The van der Waals surface area contributed by atoms with E-state index in [1.807, 2.05) is 12.1 Å². The number of fused-ring (bicyclic) bond motifs is 1. The first kappa shape index (κ1) is 13.2. The van der Waals surface area contributed by atoms with Crippen LogP contribution in [0.3, 0.4) is 0 Å². The van der Waals surface area contributed by atoms with Gasteiger partial charge in [0.05, 0.1) is 34.6 Å². The molecule has 0 aliphatic heterocycles. The number of nitrogens with zero attached hydrogens (tertiary/aromatic N) is 3. The predicted molar refractivity (Wildman–Crippen MR) is 82.1 cm³/mol. The van der Waals surface area contributed by atoms with E-state index in [0.29, 0.717) is 11.4 Å². The lowest BCUT2D eigenvalue weighted by Gasteiger charge is -2.16. The van der Waals surface area contributed by atoms with Gasteiger partial charge in [-0.3, -0.25) is 0 Å². The highest BCUT2D eigenvalue weighted by molar-refractivity contribution is 7.07. The fraction of sp³-hybridized carbons (Fsp3) is 0.200. The van der Waals surface area contributed by atoms with E-state index in [2.05, 4.69) is 39.4 Å². The lowest BCUT2D eigenvalue weighted by Crippen LogP contribution is -2.09. The van der Waals surface area contributed by atoms with E-state index in [0.717, 1.165) is 16.9 Å². The van der Waals surface area contributed by atoms with Gasteiger partial charge in [0.2, 0.25) is 0 Å². The molecule has 0 saturated carbocycles. The maximum absolute atomic E-state index is 9.07. The number of benzene rings is 1. The average Bonchev–Trinajstić information content (AvgIpc) is 3.12. The summed E-state index contributed by atoms with van der Waals surface area (Å²) < 4.78 is 2.12. The van der Waals surface area contributed by atoms with Gasteiger partial charge < -0.3 is 4.57 Å². The minimum absolute atomic E-state index is 0.147. The van der Waals surface area contributed by atoms with Crippen LogP contribution in [0.2, 0.25) is 0 Å². The van der Waals surface area contributed by atoms with Gasteiger partial charge in [-0.25, -0.2) is 4.98 Å². The smallest absolute Gasteiger partial charge is 0.125 e. The lowest BCUT2D eigenvalue weighted by atomic mass is 10.1. The fourth-order valence-electron chi connectivity index (χ4n) is 2.40. The highest BCUT2D eigenvalue weighted by atomic mass is 35.5. The summed E-state index contributed by atoms with van der Waals surface area (Å²) in [6, 6.07) is 9.96. The minimum atomic E-state index is 0.147. The van der Waals surface area contributed by atoms with Gasteiger partial charge in [-0.05, 0) is 47.5 Å². The van der Waals surface area contributed by atoms with Gasteiger partial charge in [-0.2, -0.15) is 16.6 Å². The van der Waals surface area contributed by atoms with Crippen molar-refractivity contribution >= 4 is 34.0 Å². The van der Waals surface area contributed by atoms with Crippen molar-refractivity contribution in [1.29, 1.82) is 5.26 Å². The molecular weight excluding hydrogens is 290 g/mol. The summed E-state index contributed by atoms with van der Waals surface area (Å²) in [5.74, 6) is 1.18. The molecule has 1 aromatic carbocycles. The van der Waals surface area contributed by atoms with Crippen LogP contribution in [0.4, 0.5) is 0 Å². The van der Waals surface area contributed by atoms with Crippen LogP contribution in [0, 0.1) is 11.3 Å². The largest absolute Gasteiger partial charge is 0.320 e. The Morgan fingerprint density at radius 3 is 2.95 bits per heavy atom. The molecule has 0 fully saturated rings. The highest BCUT2D eigenvalue weighted by Crippen LogP contribution is 2.28. The molecule has 0 aliphatic rings. The summed E-state index contributed by atoms with van der Waals surface area (Å²) in [5, 5.41) is 13.3. The van der Waals surface area contributed by atoms with E-state index in [1.54, 1.807) is 17.4 Å². The summed E-state index contributed by atoms with van der Waals surface area (Å²) in [4.78, 5) is 4.56. The van der Waals surface area contributed by atoms with Crippen molar-refractivity contribution < 1.29 is 0 Å². The molecule has 1 atom stereocenters. The molecule has 0 aliphatic carbocycles. The van der Waals surface area contributed by atoms with Crippen molar-refractivity contribution in [2.75, 3.05) is 0 Å². The Labute approximate surface area is 126 Å². The molecule has 3 aromatic rings. The first-order chi connectivity index (χ1) is 9.74.